The molecule has 3 rings (SSSR count). The number of urea groups is 1. The van der Waals surface area contributed by atoms with E-state index in [1.54, 1.807) is 6.26 Å². The molecule has 0 atom stereocenters. The van der Waals surface area contributed by atoms with Gasteiger partial charge in [0.1, 0.15) is 6.26 Å². The number of nitrogens with one attached hydrogen (secondary N) is 2. The van der Waals surface area contributed by atoms with Crippen LogP contribution in [0.3, 0.4) is 0 Å². The van der Waals surface area contributed by atoms with Crippen molar-refractivity contribution in [3.63, 3.8) is 0 Å². The van der Waals surface area contributed by atoms with E-state index in [0.717, 1.165) is 31.2 Å². The largest absolute Gasteiger partial charge is 0.444 e. The molecule has 1 saturated carbocycles. The van der Waals surface area contributed by atoms with Crippen LogP contribution in [0.25, 0.3) is 11.5 Å². The van der Waals surface area contributed by atoms with Gasteiger partial charge in [-0.2, -0.15) is 0 Å². The van der Waals surface area contributed by atoms with Gasteiger partial charge in [-0.3, -0.25) is 0 Å². The lowest BCUT2D eigenvalue weighted by Crippen LogP contribution is -2.43. The van der Waals surface area contributed by atoms with Crippen molar-refractivity contribution in [2.24, 2.45) is 5.92 Å². The number of aromatic nitrogens is 1. The molecular weight excluding hydrogens is 306 g/mol. The van der Waals surface area contributed by atoms with Crippen LogP contribution in [-0.2, 0) is 6.54 Å². The lowest BCUT2D eigenvalue weighted by molar-refractivity contribution is 0.174. The minimum Gasteiger partial charge on any atom is -0.444 e. The second kappa shape index (κ2) is 7.97. The maximum Gasteiger partial charge on any atom is 0.315 e. The zero-order valence-electron chi connectivity index (χ0n) is 13.6. The Labute approximate surface area is 141 Å². The number of aliphatic hydroxyl groups excluding tert-OH is 1. The van der Waals surface area contributed by atoms with Crippen molar-refractivity contribution in [3.8, 4) is 11.5 Å². The van der Waals surface area contributed by atoms with E-state index in [-0.39, 0.29) is 18.7 Å². The van der Waals surface area contributed by atoms with Crippen LogP contribution in [0.1, 0.15) is 31.4 Å². The predicted octanol–water partition coefficient (Wildman–Crippen LogP) is 2.69. The number of aliphatic hydroxyl groups is 1. The summed E-state index contributed by atoms with van der Waals surface area (Å²) in [6, 6.07) is 9.65. The van der Waals surface area contributed by atoms with Crippen LogP contribution in [0.15, 0.2) is 41.0 Å². The molecule has 1 fully saturated rings. The smallest absolute Gasteiger partial charge is 0.315 e. The summed E-state index contributed by atoms with van der Waals surface area (Å²) in [5, 5.41) is 14.9. The second-order valence-corrected chi connectivity index (χ2v) is 6.24. The fourth-order valence-corrected chi connectivity index (χ4v) is 3.00. The van der Waals surface area contributed by atoms with Crippen molar-refractivity contribution in [2.75, 3.05) is 6.61 Å². The van der Waals surface area contributed by atoms with Crippen LogP contribution >= 0.6 is 0 Å². The number of hydrogen-bond acceptors (Lipinski definition) is 4. The van der Waals surface area contributed by atoms with Gasteiger partial charge in [0.15, 0.2) is 0 Å². The maximum atomic E-state index is 12.0. The Morgan fingerprint density at radius 1 is 1.21 bits per heavy atom. The first kappa shape index (κ1) is 16.5. The van der Waals surface area contributed by atoms with Gasteiger partial charge in [-0.05, 0) is 43.7 Å². The summed E-state index contributed by atoms with van der Waals surface area (Å²) >= 11 is 0. The quantitative estimate of drug-likeness (QED) is 0.787. The molecule has 1 heterocycles. The van der Waals surface area contributed by atoms with E-state index in [4.69, 9.17) is 9.52 Å². The Kier molecular flexibility index (Phi) is 5.48. The van der Waals surface area contributed by atoms with Crippen LogP contribution in [0.4, 0.5) is 4.79 Å². The molecule has 3 N–H and O–H groups in total. The Morgan fingerprint density at radius 3 is 2.67 bits per heavy atom. The van der Waals surface area contributed by atoms with E-state index in [1.807, 2.05) is 30.3 Å². The number of hydrogen-bond donors (Lipinski definition) is 3. The second-order valence-electron chi connectivity index (χ2n) is 6.24. The predicted molar refractivity (Wildman–Crippen MR) is 90.1 cm³/mol. The van der Waals surface area contributed by atoms with Crippen molar-refractivity contribution in [2.45, 2.75) is 38.3 Å². The van der Waals surface area contributed by atoms with E-state index < -0.39 is 0 Å². The Bertz CT molecular complexity index is 649. The highest BCUT2D eigenvalue weighted by atomic mass is 16.3. The highest BCUT2D eigenvalue weighted by molar-refractivity contribution is 5.74. The van der Waals surface area contributed by atoms with Crippen LogP contribution in [-0.4, -0.2) is 28.8 Å². The average Bonchev–Trinajstić information content (AvgIpc) is 3.10. The first-order valence-electron chi connectivity index (χ1n) is 8.39. The lowest BCUT2D eigenvalue weighted by Gasteiger charge is -2.27. The summed E-state index contributed by atoms with van der Waals surface area (Å²) in [6.07, 6.45) is 5.33. The minimum absolute atomic E-state index is 0.185. The number of oxazole rings is 1. The first-order valence-corrected chi connectivity index (χ1v) is 8.39. The molecule has 24 heavy (non-hydrogen) atoms. The van der Waals surface area contributed by atoms with Crippen molar-refractivity contribution >= 4 is 6.03 Å². The fourth-order valence-electron chi connectivity index (χ4n) is 3.00. The summed E-state index contributed by atoms with van der Waals surface area (Å²) < 4.78 is 5.45. The summed E-state index contributed by atoms with van der Waals surface area (Å²) in [5.41, 5.74) is 1.60. The molecule has 1 aromatic carbocycles. The van der Waals surface area contributed by atoms with E-state index in [9.17, 15) is 4.79 Å². The number of benzene rings is 1. The molecule has 1 aliphatic carbocycles. The van der Waals surface area contributed by atoms with Crippen molar-refractivity contribution in [1.29, 1.82) is 0 Å². The van der Waals surface area contributed by atoms with Crippen LogP contribution in [0.2, 0.25) is 0 Å². The molecule has 0 spiro atoms. The van der Waals surface area contributed by atoms with Gasteiger partial charge in [-0.25, -0.2) is 9.78 Å². The molecule has 0 saturated heterocycles. The number of carbonyl (C=O) groups excluding carboxylic acids is 1. The number of rotatable bonds is 5. The van der Waals surface area contributed by atoms with E-state index in [2.05, 4.69) is 15.6 Å². The van der Waals surface area contributed by atoms with Crippen molar-refractivity contribution in [3.05, 3.63) is 42.3 Å². The highest BCUT2D eigenvalue weighted by Gasteiger charge is 2.21. The molecule has 0 radical (unpaired) electrons. The van der Waals surface area contributed by atoms with Gasteiger partial charge < -0.3 is 20.2 Å². The normalized spacial score (nSPS) is 20.5. The number of nitrogens with zero attached hydrogens (tertiary/aromatic N) is 1. The third kappa shape index (κ3) is 4.35. The third-order valence-corrected chi connectivity index (χ3v) is 4.44. The molecule has 2 aromatic rings. The van der Waals surface area contributed by atoms with E-state index >= 15 is 0 Å². The molecule has 2 amide bonds. The highest BCUT2D eigenvalue weighted by Crippen LogP contribution is 2.23. The minimum atomic E-state index is -0.188. The maximum absolute atomic E-state index is 12.0. The Balaban J connectivity index is 1.44. The Hall–Kier alpha value is -2.34. The van der Waals surface area contributed by atoms with E-state index in [1.165, 1.54) is 0 Å². The SMILES string of the molecule is O=C(NCc1coc(-c2ccccc2)n1)NC1CCC(CO)CC1. The monoisotopic (exact) mass is 329 g/mol. The fraction of sp³-hybridized carbons (Fsp3) is 0.444. The molecule has 6 heteroatoms. The summed E-state index contributed by atoms with van der Waals surface area (Å²) in [4.78, 5) is 16.4. The molecule has 1 aromatic heterocycles. The Morgan fingerprint density at radius 2 is 1.96 bits per heavy atom. The van der Waals surface area contributed by atoms with Gasteiger partial charge in [-0.1, -0.05) is 18.2 Å². The summed E-state index contributed by atoms with van der Waals surface area (Å²) in [7, 11) is 0. The third-order valence-electron chi connectivity index (χ3n) is 4.44. The topological polar surface area (TPSA) is 87.4 Å². The number of carbonyl (C=O) groups is 1. The number of amides is 2. The van der Waals surface area contributed by atoms with Gasteiger partial charge in [0.05, 0.1) is 12.2 Å². The molecular formula is C18H23N3O3. The molecule has 0 bridgehead atoms. The summed E-state index contributed by atoms with van der Waals surface area (Å²) in [5.74, 6) is 0.938. The standard InChI is InChI=1S/C18H23N3O3/c22-11-13-6-8-15(9-7-13)21-18(23)19-10-16-12-24-17(20-16)14-4-2-1-3-5-14/h1-5,12-13,15,22H,6-11H2,(H2,19,21,23). The van der Waals surface area contributed by atoms with Crippen molar-refractivity contribution in [1.82, 2.24) is 15.6 Å². The van der Waals surface area contributed by atoms with Gasteiger partial charge in [-0.15, -0.1) is 0 Å². The zero-order chi connectivity index (χ0) is 16.8. The van der Waals surface area contributed by atoms with Crippen LogP contribution in [0.5, 0.6) is 0 Å². The van der Waals surface area contributed by atoms with Gasteiger partial charge in [0.25, 0.3) is 0 Å². The van der Waals surface area contributed by atoms with Crippen LogP contribution in [0, 0.1) is 5.92 Å². The molecule has 128 valence electrons. The molecule has 6 nitrogen and oxygen atoms in total. The summed E-state index contributed by atoms with van der Waals surface area (Å²) in [6.45, 7) is 0.572. The zero-order valence-corrected chi connectivity index (χ0v) is 13.6. The first-order chi connectivity index (χ1) is 11.7. The van der Waals surface area contributed by atoms with Crippen LogP contribution < -0.4 is 10.6 Å². The van der Waals surface area contributed by atoms with Crippen molar-refractivity contribution < 1.29 is 14.3 Å². The van der Waals surface area contributed by atoms with Gasteiger partial charge in [0.2, 0.25) is 5.89 Å². The van der Waals surface area contributed by atoms with Gasteiger partial charge >= 0.3 is 6.03 Å². The molecule has 0 aliphatic heterocycles. The average molecular weight is 329 g/mol. The molecule has 1 aliphatic rings. The van der Waals surface area contributed by atoms with E-state index in [0.29, 0.717) is 24.0 Å². The lowest BCUT2D eigenvalue weighted by atomic mass is 9.87. The molecule has 0 unspecified atom stereocenters. The van der Waals surface area contributed by atoms with Gasteiger partial charge in [0, 0.05) is 18.2 Å².